The molecule has 1 rings (SSSR count). The van der Waals surface area contributed by atoms with Gasteiger partial charge in [0.05, 0.1) is 6.26 Å². The van der Waals surface area contributed by atoms with E-state index in [1.165, 1.54) is 6.42 Å². The zero-order chi connectivity index (χ0) is 11.3. The van der Waals surface area contributed by atoms with Crippen molar-refractivity contribution in [1.82, 2.24) is 5.32 Å². The molecule has 15 heavy (non-hydrogen) atoms. The molecular formula is C13H23NO. The van der Waals surface area contributed by atoms with Gasteiger partial charge in [0.1, 0.15) is 5.76 Å². The molecule has 0 amide bonds. The maximum atomic E-state index is 5.33. The van der Waals surface area contributed by atoms with Crippen LogP contribution in [0.5, 0.6) is 0 Å². The molecule has 0 aliphatic rings. The van der Waals surface area contributed by atoms with Gasteiger partial charge in [-0.3, -0.25) is 0 Å². The van der Waals surface area contributed by atoms with Gasteiger partial charge >= 0.3 is 0 Å². The third kappa shape index (κ3) is 4.08. The Kier molecular flexibility index (Phi) is 4.89. The van der Waals surface area contributed by atoms with Crippen LogP contribution in [0.25, 0.3) is 0 Å². The van der Waals surface area contributed by atoms with E-state index in [-0.39, 0.29) is 0 Å². The minimum Gasteiger partial charge on any atom is -0.469 e. The summed E-state index contributed by atoms with van der Waals surface area (Å²) in [5.74, 6) is 1.79. The monoisotopic (exact) mass is 209 g/mol. The van der Waals surface area contributed by atoms with Crippen molar-refractivity contribution in [3.05, 3.63) is 24.2 Å². The Hall–Kier alpha value is -0.760. The molecule has 1 N–H and O–H groups in total. The second kappa shape index (κ2) is 5.96. The number of nitrogens with one attached hydrogen (secondary N) is 1. The first-order valence-electron chi connectivity index (χ1n) is 5.92. The van der Waals surface area contributed by atoms with Crippen molar-refractivity contribution in [2.24, 2.45) is 5.92 Å². The Balaban J connectivity index is 2.32. The zero-order valence-corrected chi connectivity index (χ0v) is 10.3. The van der Waals surface area contributed by atoms with Crippen LogP contribution in [0.1, 0.15) is 39.9 Å². The van der Waals surface area contributed by atoms with Gasteiger partial charge in [-0.2, -0.15) is 0 Å². The molecule has 2 nitrogen and oxygen atoms in total. The van der Waals surface area contributed by atoms with Crippen LogP contribution in [-0.4, -0.2) is 12.1 Å². The average Bonchev–Trinajstić information content (AvgIpc) is 2.68. The summed E-state index contributed by atoms with van der Waals surface area (Å²) in [7, 11) is 0. The fraction of sp³-hybridized carbons (Fsp3) is 0.692. The van der Waals surface area contributed by atoms with Crippen molar-refractivity contribution >= 4 is 0 Å². The van der Waals surface area contributed by atoms with Gasteiger partial charge in [-0.05, 0) is 31.9 Å². The van der Waals surface area contributed by atoms with Crippen LogP contribution in [0, 0.1) is 5.92 Å². The molecule has 2 heteroatoms. The smallest absolute Gasteiger partial charge is 0.105 e. The summed E-state index contributed by atoms with van der Waals surface area (Å²) in [6, 6.07) is 5.02. The van der Waals surface area contributed by atoms with E-state index in [9.17, 15) is 0 Å². The van der Waals surface area contributed by atoms with Crippen molar-refractivity contribution in [2.75, 3.05) is 0 Å². The van der Waals surface area contributed by atoms with Crippen molar-refractivity contribution in [2.45, 2.75) is 52.6 Å². The summed E-state index contributed by atoms with van der Waals surface area (Å²) in [5.41, 5.74) is 0. The van der Waals surface area contributed by atoms with Crippen LogP contribution in [0.4, 0.5) is 0 Å². The highest BCUT2D eigenvalue weighted by molar-refractivity contribution is 5.00. The predicted molar refractivity (Wildman–Crippen MR) is 63.9 cm³/mol. The predicted octanol–water partition coefficient (Wildman–Crippen LogP) is 3.23. The van der Waals surface area contributed by atoms with Gasteiger partial charge in [0.15, 0.2) is 0 Å². The molecule has 0 aromatic carbocycles. The van der Waals surface area contributed by atoms with Crippen molar-refractivity contribution in [3.63, 3.8) is 0 Å². The van der Waals surface area contributed by atoms with Crippen LogP contribution in [0.2, 0.25) is 0 Å². The Bertz CT molecular complexity index is 256. The fourth-order valence-corrected chi connectivity index (χ4v) is 1.76. The normalized spacial score (nSPS) is 17.3. The molecule has 1 aromatic heterocycles. The van der Waals surface area contributed by atoms with E-state index in [0.29, 0.717) is 12.1 Å². The highest BCUT2D eigenvalue weighted by atomic mass is 16.3. The van der Waals surface area contributed by atoms with Crippen LogP contribution in [0.3, 0.4) is 0 Å². The van der Waals surface area contributed by atoms with Gasteiger partial charge in [-0.15, -0.1) is 0 Å². The summed E-state index contributed by atoms with van der Waals surface area (Å²) in [4.78, 5) is 0. The van der Waals surface area contributed by atoms with E-state index in [1.54, 1.807) is 6.26 Å². The minimum absolute atomic E-state index is 0.472. The quantitative estimate of drug-likeness (QED) is 0.778. The van der Waals surface area contributed by atoms with Crippen molar-refractivity contribution in [3.8, 4) is 0 Å². The Labute approximate surface area is 93.1 Å². The lowest BCUT2D eigenvalue weighted by atomic mass is 9.99. The highest BCUT2D eigenvalue weighted by Gasteiger charge is 2.13. The largest absolute Gasteiger partial charge is 0.469 e. The Morgan fingerprint density at radius 3 is 2.60 bits per heavy atom. The van der Waals surface area contributed by atoms with E-state index in [2.05, 4.69) is 33.0 Å². The topological polar surface area (TPSA) is 25.2 Å². The zero-order valence-electron chi connectivity index (χ0n) is 10.3. The third-order valence-electron chi connectivity index (χ3n) is 3.13. The lowest BCUT2D eigenvalue weighted by Gasteiger charge is -2.24. The third-order valence-corrected chi connectivity index (χ3v) is 3.13. The molecule has 0 aliphatic carbocycles. The molecule has 3 unspecified atom stereocenters. The minimum atomic E-state index is 0.472. The first-order chi connectivity index (χ1) is 7.13. The van der Waals surface area contributed by atoms with Gasteiger partial charge < -0.3 is 9.73 Å². The van der Waals surface area contributed by atoms with Crippen molar-refractivity contribution in [1.29, 1.82) is 0 Å². The lowest BCUT2D eigenvalue weighted by molar-refractivity contribution is 0.345. The SMILES string of the molecule is CCC(C)C(C)NC(C)Cc1ccco1. The summed E-state index contributed by atoms with van der Waals surface area (Å²) >= 11 is 0. The van der Waals surface area contributed by atoms with Gasteiger partial charge in [-0.1, -0.05) is 20.3 Å². The van der Waals surface area contributed by atoms with Crippen LogP contribution >= 0.6 is 0 Å². The molecule has 0 fully saturated rings. The molecule has 0 bridgehead atoms. The summed E-state index contributed by atoms with van der Waals surface area (Å²) in [5, 5.41) is 3.61. The van der Waals surface area contributed by atoms with E-state index >= 15 is 0 Å². The molecule has 0 saturated carbocycles. The Morgan fingerprint density at radius 2 is 2.07 bits per heavy atom. The fourth-order valence-electron chi connectivity index (χ4n) is 1.76. The molecule has 1 aromatic rings. The molecule has 1 heterocycles. The first kappa shape index (κ1) is 12.3. The number of furan rings is 1. The van der Waals surface area contributed by atoms with E-state index in [0.717, 1.165) is 18.1 Å². The van der Waals surface area contributed by atoms with Crippen LogP contribution in [0.15, 0.2) is 22.8 Å². The maximum absolute atomic E-state index is 5.33. The first-order valence-corrected chi connectivity index (χ1v) is 5.92. The molecule has 3 atom stereocenters. The molecule has 0 aliphatic heterocycles. The Morgan fingerprint density at radius 1 is 1.33 bits per heavy atom. The summed E-state index contributed by atoms with van der Waals surface area (Å²) < 4.78 is 5.33. The van der Waals surface area contributed by atoms with Gasteiger partial charge in [0, 0.05) is 18.5 Å². The molecule has 0 spiro atoms. The second-order valence-electron chi connectivity index (χ2n) is 4.53. The second-order valence-corrected chi connectivity index (χ2v) is 4.53. The standard InChI is InChI=1S/C13H23NO/c1-5-10(2)12(4)14-11(3)9-13-7-6-8-15-13/h6-8,10-12,14H,5,9H2,1-4H3. The molecule has 0 radical (unpaired) electrons. The van der Waals surface area contributed by atoms with Crippen molar-refractivity contribution < 1.29 is 4.42 Å². The molecular weight excluding hydrogens is 186 g/mol. The summed E-state index contributed by atoms with van der Waals surface area (Å²) in [6.07, 6.45) is 3.93. The number of rotatable bonds is 6. The summed E-state index contributed by atoms with van der Waals surface area (Å²) in [6.45, 7) is 8.99. The molecule has 86 valence electrons. The van der Waals surface area contributed by atoms with E-state index in [1.807, 2.05) is 12.1 Å². The number of hydrogen-bond acceptors (Lipinski definition) is 2. The average molecular weight is 209 g/mol. The van der Waals surface area contributed by atoms with E-state index in [4.69, 9.17) is 4.42 Å². The van der Waals surface area contributed by atoms with E-state index < -0.39 is 0 Å². The molecule has 0 saturated heterocycles. The van der Waals surface area contributed by atoms with Gasteiger partial charge in [0.2, 0.25) is 0 Å². The van der Waals surface area contributed by atoms with Gasteiger partial charge in [0.25, 0.3) is 0 Å². The maximum Gasteiger partial charge on any atom is 0.105 e. The van der Waals surface area contributed by atoms with Crippen LogP contribution < -0.4 is 5.32 Å². The lowest BCUT2D eigenvalue weighted by Crippen LogP contribution is -2.39. The highest BCUT2D eigenvalue weighted by Crippen LogP contribution is 2.09. The number of hydrogen-bond donors (Lipinski definition) is 1. The van der Waals surface area contributed by atoms with Gasteiger partial charge in [-0.25, -0.2) is 0 Å². The van der Waals surface area contributed by atoms with Crippen LogP contribution in [-0.2, 0) is 6.42 Å².